The van der Waals surface area contributed by atoms with E-state index in [1.165, 1.54) is 44.9 Å². The summed E-state index contributed by atoms with van der Waals surface area (Å²) in [6.07, 6.45) is 11.0. The second-order valence-electron chi connectivity index (χ2n) is 8.98. The second kappa shape index (κ2) is 19.7. The number of carbonyl (C=O) groups is 1. The third-order valence-electron chi connectivity index (χ3n) is 5.58. The molecule has 10 heteroatoms. The highest BCUT2D eigenvalue weighted by atomic mass is 31.2. The van der Waals surface area contributed by atoms with Crippen molar-refractivity contribution in [2.75, 3.05) is 46.9 Å². The smallest absolute Gasteiger partial charge is 0.469 e. The molecule has 0 saturated heterocycles. The molecule has 35 heavy (non-hydrogen) atoms. The van der Waals surface area contributed by atoms with Crippen molar-refractivity contribution >= 4 is 13.7 Å². The van der Waals surface area contributed by atoms with Crippen LogP contribution in [0.15, 0.2) is 24.3 Å². The summed E-state index contributed by atoms with van der Waals surface area (Å²) in [6, 6.07) is 7.86. The number of amides is 1. The number of unbranched alkanes of at least 4 members (excludes halogenated alkanes) is 7. The van der Waals surface area contributed by atoms with E-state index in [1.54, 1.807) is 4.90 Å². The molecule has 0 aliphatic rings. The van der Waals surface area contributed by atoms with Gasteiger partial charge in [-0.1, -0.05) is 64.0 Å². The summed E-state index contributed by atoms with van der Waals surface area (Å²) in [6.45, 7) is 4.00. The Hall–Kier alpha value is -1.48. The minimum atomic E-state index is -4.54. The molecule has 1 amide bonds. The van der Waals surface area contributed by atoms with Crippen LogP contribution in [-0.2, 0) is 20.3 Å². The van der Waals surface area contributed by atoms with Crippen molar-refractivity contribution < 1.29 is 28.4 Å². The van der Waals surface area contributed by atoms with Gasteiger partial charge in [-0.05, 0) is 44.6 Å². The minimum Gasteiger partial charge on any atom is -0.494 e. The number of hydrogen-bond donors (Lipinski definition) is 3. The van der Waals surface area contributed by atoms with Crippen LogP contribution in [0.2, 0.25) is 0 Å². The van der Waals surface area contributed by atoms with Gasteiger partial charge in [0.15, 0.2) is 0 Å². The predicted molar refractivity (Wildman–Crippen MR) is 141 cm³/mol. The van der Waals surface area contributed by atoms with Crippen molar-refractivity contribution in [1.82, 2.24) is 16.0 Å². The molecule has 0 atom stereocenters. The normalized spacial score (nSPS) is 11.4. The Morgan fingerprint density at radius 1 is 0.943 bits per heavy atom. The molecule has 0 aliphatic heterocycles. The van der Waals surface area contributed by atoms with E-state index in [4.69, 9.17) is 14.5 Å². The van der Waals surface area contributed by atoms with Crippen molar-refractivity contribution in [3.05, 3.63) is 29.8 Å². The first-order valence-corrected chi connectivity index (χ1v) is 14.1. The summed E-state index contributed by atoms with van der Waals surface area (Å²) in [7, 11) is -0.722. The molecular formula is C25H48N3O6P. The number of phosphoric ester groups is 1. The second-order valence-corrected chi connectivity index (χ2v) is 10.2. The lowest BCUT2D eigenvalue weighted by molar-refractivity contribution is -0.131. The molecule has 0 fully saturated rings. The van der Waals surface area contributed by atoms with Crippen LogP contribution in [0.5, 0.6) is 5.75 Å². The van der Waals surface area contributed by atoms with Gasteiger partial charge in [-0.15, -0.1) is 0 Å². The Balaban J connectivity index is 0.0000116. The van der Waals surface area contributed by atoms with Crippen LogP contribution in [0.1, 0.15) is 70.3 Å². The van der Waals surface area contributed by atoms with Gasteiger partial charge in [-0.2, -0.15) is 0 Å². The van der Waals surface area contributed by atoms with Gasteiger partial charge in [-0.25, -0.2) is 4.57 Å². The van der Waals surface area contributed by atoms with Gasteiger partial charge in [0.25, 0.3) is 0 Å². The number of aryl methyl sites for hydroxylation is 1. The Bertz CT molecular complexity index is 729. The van der Waals surface area contributed by atoms with Crippen LogP contribution in [0.25, 0.3) is 0 Å². The lowest BCUT2D eigenvalue weighted by Gasteiger charge is -2.24. The number of ether oxygens (including phenoxy) is 1. The number of phosphoric acid groups is 1. The van der Waals surface area contributed by atoms with Crippen LogP contribution in [0.3, 0.4) is 0 Å². The first-order valence-electron chi connectivity index (χ1n) is 12.6. The summed E-state index contributed by atoms with van der Waals surface area (Å²) in [5, 5.41) is 0. The number of rotatable bonds is 20. The zero-order valence-corrected chi connectivity index (χ0v) is 22.9. The zero-order valence-electron chi connectivity index (χ0n) is 22.0. The van der Waals surface area contributed by atoms with Crippen LogP contribution in [-0.4, -0.2) is 72.4 Å². The van der Waals surface area contributed by atoms with E-state index < -0.39 is 7.82 Å². The molecule has 1 aromatic carbocycles. The summed E-state index contributed by atoms with van der Waals surface area (Å²) >= 11 is 0. The Kier molecular flexibility index (Phi) is 18.8. The predicted octanol–water partition coefficient (Wildman–Crippen LogP) is 4.80. The molecule has 1 aromatic rings. The van der Waals surface area contributed by atoms with E-state index in [9.17, 15) is 9.36 Å². The fraction of sp³-hybridized carbons (Fsp3) is 0.720. The number of hydrogen-bond acceptors (Lipinski definition) is 6. The third-order valence-corrected chi connectivity index (χ3v) is 6.10. The Labute approximate surface area is 212 Å². The van der Waals surface area contributed by atoms with Crippen LogP contribution >= 0.6 is 7.82 Å². The summed E-state index contributed by atoms with van der Waals surface area (Å²) in [5.41, 5.74) is 1.03. The van der Waals surface area contributed by atoms with Crippen molar-refractivity contribution in [3.63, 3.8) is 0 Å². The quantitative estimate of drug-likeness (QED) is 0.166. The first kappa shape index (κ1) is 33.5. The Morgan fingerprint density at radius 3 is 2.23 bits per heavy atom. The topological polar surface area (TPSA) is 135 Å². The summed E-state index contributed by atoms with van der Waals surface area (Å²) in [4.78, 5) is 34.1. The molecule has 0 saturated carbocycles. The number of carbonyl (C=O) groups excluding carboxylic acids is 1. The number of benzene rings is 1. The maximum Gasteiger partial charge on any atom is 0.469 e. The monoisotopic (exact) mass is 517 g/mol. The first-order chi connectivity index (χ1) is 16.2. The molecule has 0 unspecified atom stereocenters. The van der Waals surface area contributed by atoms with E-state index in [-0.39, 0.29) is 25.2 Å². The summed E-state index contributed by atoms with van der Waals surface area (Å²) < 4.78 is 21.3. The van der Waals surface area contributed by atoms with Crippen LogP contribution < -0.4 is 10.9 Å². The molecule has 5 N–H and O–H groups in total. The van der Waals surface area contributed by atoms with Gasteiger partial charge >= 0.3 is 7.82 Å². The van der Waals surface area contributed by atoms with Gasteiger partial charge in [0.05, 0.1) is 13.2 Å². The number of likely N-dealkylation sites (N-methyl/N-ethyl adjacent to an activating group) is 1. The zero-order chi connectivity index (χ0) is 25.2. The van der Waals surface area contributed by atoms with Gasteiger partial charge in [0.2, 0.25) is 5.91 Å². The van der Waals surface area contributed by atoms with E-state index in [0.29, 0.717) is 32.5 Å². The van der Waals surface area contributed by atoms with Gasteiger partial charge in [-0.3, -0.25) is 9.32 Å². The van der Waals surface area contributed by atoms with E-state index in [2.05, 4.69) is 11.4 Å². The van der Waals surface area contributed by atoms with Crippen molar-refractivity contribution in [2.45, 2.75) is 71.1 Å². The van der Waals surface area contributed by atoms with Crippen LogP contribution in [0, 0.1) is 0 Å². The molecule has 1 rings (SSSR count). The number of nitrogens with zero attached hydrogens (tertiary/aromatic N) is 2. The summed E-state index contributed by atoms with van der Waals surface area (Å²) in [5.74, 6) is 0.758. The molecule has 0 aliphatic carbocycles. The van der Waals surface area contributed by atoms with E-state index in [0.717, 1.165) is 17.7 Å². The highest BCUT2D eigenvalue weighted by Crippen LogP contribution is 2.35. The SMILES string of the molecule is CCCCCCCCCCOc1cccc(CCC(=O)N(CCOP(=O)(O)O)CCN(C)C)c1.N. The lowest BCUT2D eigenvalue weighted by atomic mass is 10.1. The molecule has 0 radical (unpaired) electrons. The van der Waals surface area contributed by atoms with Crippen molar-refractivity contribution in [2.24, 2.45) is 0 Å². The van der Waals surface area contributed by atoms with Gasteiger partial charge in [0.1, 0.15) is 5.75 Å². The lowest BCUT2D eigenvalue weighted by Crippen LogP contribution is -2.38. The van der Waals surface area contributed by atoms with E-state index in [1.807, 2.05) is 43.3 Å². The molecule has 204 valence electrons. The van der Waals surface area contributed by atoms with Gasteiger partial charge in [0, 0.05) is 26.1 Å². The molecule has 0 aromatic heterocycles. The minimum absolute atomic E-state index is 0. The fourth-order valence-electron chi connectivity index (χ4n) is 3.58. The maximum absolute atomic E-state index is 12.8. The standard InChI is InChI=1S/C25H45N2O6P.H3N/c1-4-5-6-7-8-9-10-11-20-32-24-14-12-13-23(22-24)15-16-25(28)27(18-17-26(2)3)19-21-33-34(29,30)31;/h12-14,22H,4-11,15-21H2,1-3H3,(H2,29,30,31);1H3. The molecule has 0 heterocycles. The average Bonchev–Trinajstić information content (AvgIpc) is 2.78. The van der Waals surface area contributed by atoms with Gasteiger partial charge < -0.3 is 30.5 Å². The highest BCUT2D eigenvalue weighted by Gasteiger charge is 2.18. The molecule has 9 nitrogen and oxygen atoms in total. The molecule has 0 bridgehead atoms. The van der Waals surface area contributed by atoms with Crippen molar-refractivity contribution in [3.8, 4) is 5.75 Å². The third kappa shape index (κ3) is 18.4. The fourth-order valence-corrected chi connectivity index (χ4v) is 3.90. The Morgan fingerprint density at radius 2 is 1.60 bits per heavy atom. The molecular weight excluding hydrogens is 469 g/mol. The largest absolute Gasteiger partial charge is 0.494 e. The maximum atomic E-state index is 12.8. The average molecular weight is 518 g/mol. The van der Waals surface area contributed by atoms with E-state index >= 15 is 0 Å². The highest BCUT2D eigenvalue weighted by molar-refractivity contribution is 7.46. The molecule has 0 spiro atoms. The van der Waals surface area contributed by atoms with Crippen LogP contribution in [0.4, 0.5) is 0 Å². The van der Waals surface area contributed by atoms with Crippen molar-refractivity contribution in [1.29, 1.82) is 0 Å².